The molecule has 0 saturated heterocycles. The Kier molecular flexibility index (Phi) is 7.82. The van der Waals surface area contributed by atoms with Gasteiger partial charge in [-0.25, -0.2) is 4.79 Å². The van der Waals surface area contributed by atoms with Crippen molar-refractivity contribution in [3.8, 4) is 0 Å². The molecule has 1 saturated carbocycles. The molecule has 0 aliphatic heterocycles. The summed E-state index contributed by atoms with van der Waals surface area (Å²) in [5, 5.41) is 17.7. The van der Waals surface area contributed by atoms with Gasteiger partial charge in [-0.2, -0.15) is 12.6 Å². The van der Waals surface area contributed by atoms with Crippen molar-refractivity contribution >= 4 is 52.7 Å². The minimum atomic E-state index is -1.08. The number of carboxylic acids is 1. The van der Waals surface area contributed by atoms with E-state index in [0.29, 0.717) is 31.4 Å². The number of aldehydes is 1. The van der Waals surface area contributed by atoms with Gasteiger partial charge in [0.1, 0.15) is 23.5 Å². The van der Waals surface area contributed by atoms with Crippen LogP contribution in [0.2, 0.25) is 0 Å². The Labute approximate surface area is 210 Å². The van der Waals surface area contributed by atoms with E-state index in [1.165, 1.54) is 0 Å². The third-order valence-electron chi connectivity index (χ3n) is 7.16. The molecule has 1 amide bonds. The van der Waals surface area contributed by atoms with Gasteiger partial charge in [-0.3, -0.25) is 4.79 Å². The lowest BCUT2D eigenvalue weighted by atomic mass is 9.94. The number of para-hydroxylation sites is 1. The number of carbonyl (C=O) groups is 3. The van der Waals surface area contributed by atoms with Crippen LogP contribution in [0, 0.1) is 5.92 Å². The molecular weight excluding hydrogens is 464 g/mol. The van der Waals surface area contributed by atoms with E-state index in [2.05, 4.69) is 23.3 Å². The minimum Gasteiger partial charge on any atom is -0.480 e. The van der Waals surface area contributed by atoms with Gasteiger partial charge < -0.3 is 25.0 Å². The Bertz CT molecular complexity index is 1220. The average molecular weight is 497 g/mol. The molecule has 2 aromatic carbocycles. The first-order valence-electron chi connectivity index (χ1n) is 12.2. The Morgan fingerprint density at radius 1 is 1.14 bits per heavy atom. The van der Waals surface area contributed by atoms with Crippen molar-refractivity contribution in [3.63, 3.8) is 0 Å². The Hall–Kier alpha value is -2.84. The summed E-state index contributed by atoms with van der Waals surface area (Å²) in [4.78, 5) is 36.4. The molecule has 0 spiro atoms. The van der Waals surface area contributed by atoms with E-state index < -0.39 is 17.6 Å². The van der Waals surface area contributed by atoms with Crippen LogP contribution in [0.5, 0.6) is 0 Å². The third kappa shape index (κ3) is 5.54. The predicted molar refractivity (Wildman–Crippen MR) is 139 cm³/mol. The number of carboxylic acid groups (broad SMARTS) is 1. The van der Waals surface area contributed by atoms with Crippen molar-refractivity contribution in [1.29, 1.82) is 0 Å². The lowest BCUT2D eigenvalue weighted by molar-refractivity contribution is -0.143. The second-order valence-electron chi connectivity index (χ2n) is 9.61. The van der Waals surface area contributed by atoms with E-state index in [4.69, 9.17) is 4.42 Å². The summed E-state index contributed by atoms with van der Waals surface area (Å²) in [5.74, 6) is -1.28. The van der Waals surface area contributed by atoms with E-state index >= 15 is 0 Å². The smallest absolute Gasteiger partial charge is 0.326 e. The van der Waals surface area contributed by atoms with Crippen molar-refractivity contribution < 1.29 is 23.9 Å². The molecule has 35 heavy (non-hydrogen) atoms. The number of furan rings is 1. The monoisotopic (exact) mass is 496 g/mol. The molecule has 0 bridgehead atoms. The van der Waals surface area contributed by atoms with E-state index in [1.807, 2.05) is 49.4 Å². The maximum atomic E-state index is 13.3. The summed E-state index contributed by atoms with van der Waals surface area (Å²) in [5.41, 5.74) is 1.47. The fourth-order valence-corrected chi connectivity index (χ4v) is 5.09. The zero-order chi connectivity index (χ0) is 25.0. The molecule has 3 N–H and O–H groups in total. The number of thiol groups is 1. The molecule has 1 unspecified atom stereocenters. The van der Waals surface area contributed by atoms with Gasteiger partial charge in [-0.05, 0) is 49.4 Å². The highest BCUT2D eigenvalue weighted by atomic mass is 32.1. The first kappa shape index (κ1) is 25.3. The largest absolute Gasteiger partial charge is 0.480 e. The Balaban J connectivity index is 1.45. The number of amides is 1. The molecule has 1 fully saturated rings. The number of carbonyl (C=O) groups excluding carboxylic acids is 2. The molecular formula is C27H32N2O5S. The molecule has 3 atom stereocenters. The Morgan fingerprint density at radius 2 is 1.86 bits per heavy atom. The van der Waals surface area contributed by atoms with Crippen molar-refractivity contribution in [1.82, 2.24) is 10.6 Å². The molecule has 0 radical (unpaired) electrons. The van der Waals surface area contributed by atoms with Crippen LogP contribution in [0.3, 0.4) is 0 Å². The highest BCUT2D eigenvalue weighted by molar-refractivity contribution is 7.81. The second kappa shape index (κ2) is 10.8. The van der Waals surface area contributed by atoms with E-state index in [0.717, 1.165) is 41.0 Å². The van der Waals surface area contributed by atoms with Crippen LogP contribution in [0.4, 0.5) is 0 Å². The maximum absolute atomic E-state index is 13.3. The summed E-state index contributed by atoms with van der Waals surface area (Å²) >= 11 is 4.27. The number of fused-ring (bicyclic) bond motifs is 3. The molecule has 1 aliphatic carbocycles. The summed E-state index contributed by atoms with van der Waals surface area (Å²) in [6.07, 6.45) is 4.79. The van der Waals surface area contributed by atoms with Gasteiger partial charge in [0.15, 0.2) is 0 Å². The SMILES string of the molecule is C[C@H](CCNC1(C(=O)NC(Cc2ccc3c(c2)oc2ccccc23)C(=O)O)CCCC1)[C@H](S)C=O. The summed E-state index contributed by atoms with van der Waals surface area (Å²) in [7, 11) is 0. The van der Waals surface area contributed by atoms with Crippen LogP contribution in [-0.2, 0) is 20.8 Å². The van der Waals surface area contributed by atoms with Crippen LogP contribution in [0.1, 0.15) is 44.6 Å². The van der Waals surface area contributed by atoms with Crippen LogP contribution in [0.15, 0.2) is 46.9 Å². The lowest BCUT2D eigenvalue weighted by Gasteiger charge is -2.31. The van der Waals surface area contributed by atoms with Crippen molar-refractivity contribution in [2.45, 2.75) is 62.3 Å². The molecule has 7 nitrogen and oxygen atoms in total. The van der Waals surface area contributed by atoms with Gasteiger partial charge in [-0.15, -0.1) is 0 Å². The van der Waals surface area contributed by atoms with Gasteiger partial charge in [0, 0.05) is 17.2 Å². The van der Waals surface area contributed by atoms with Crippen molar-refractivity contribution in [2.24, 2.45) is 5.92 Å². The summed E-state index contributed by atoms with van der Waals surface area (Å²) in [6, 6.07) is 12.4. The first-order chi connectivity index (χ1) is 16.8. The first-order valence-corrected chi connectivity index (χ1v) is 12.7. The molecule has 8 heteroatoms. The van der Waals surface area contributed by atoms with Gasteiger partial charge in [-0.1, -0.05) is 50.1 Å². The van der Waals surface area contributed by atoms with Crippen LogP contribution in [-0.4, -0.2) is 46.6 Å². The zero-order valence-corrected chi connectivity index (χ0v) is 20.7. The maximum Gasteiger partial charge on any atom is 0.326 e. The fraction of sp³-hybridized carbons (Fsp3) is 0.444. The predicted octanol–water partition coefficient (Wildman–Crippen LogP) is 4.12. The second-order valence-corrected chi connectivity index (χ2v) is 10.2. The minimum absolute atomic E-state index is 0.0739. The lowest BCUT2D eigenvalue weighted by Crippen LogP contribution is -2.59. The summed E-state index contributed by atoms with van der Waals surface area (Å²) < 4.78 is 5.93. The molecule has 1 aromatic heterocycles. The van der Waals surface area contributed by atoms with Gasteiger partial charge in [0.25, 0.3) is 0 Å². The van der Waals surface area contributed by atoms with E-state index in [-0.39, 0.29) is 23.5 Å². The fourth-order valence-electron chi connectivity index (χ4n) is 4.94. The number of hydrogen-bond acceptors (Lipinski definition) is 6. The number of rotatable bonds is 11. The standard InChI is InChI=1S/C27H32N2O5S/c1-17(24(35)16-30)10-13-28-27(11-4-5-12-27)26(33)29-21(25(31)32)14-18-8-9-20-19-6-2-3-7-22(19)34-23(20)15-18/h2-3,6-9,15-17,21,24,28,35H,4-5,10-14H2,1H3,(H,29,33)(H,31,32)/t17-,21?,24-/m1/s1. The third-order valence-corrected chi connectivity index (χ3v) is 7.79. The Morgan fingerprint density at radius 3 is 2.57 bits per heavy atom. The molecule has 1 aliphatic rings. The van der Waals surface area contributed by atoms with Gasteiger partial charge in [0.05, 0.1) is 10.8 Å². The number of aliphatic carboxylic acids is 1. The van der Waals surface area contributed by atoms with E-state index in [1.54, 1.807) is 0 Å². The highest BCUT2D eigenvalue weighted by Crippen LogP contribution is 2.31. The summed E-state index contributed by atoms with van der Waals surface area (Å²) in [6.45, 7) is 2.51. The van der Waals surface area contributed by atoms with Gasteiger partial charge >= 0.3 is 5.97 Å². The zero-order valence-electron chi connectivity index (χ0n) is 19.8. The normalized spacial score (nSPS) is 17.8. The highest BCUT2D eigenvalue weighted by Gasteiger charge is 2.42. The van der Waals surface area contributed by atoms with Crippen molar-refractivity contribution in [3.05, 3.63) is 48.0 Å². The molecule has 186 valence electrons. The number of hydrogen-bond donors (Lipinski definition) is 4. The topological polar surface area (TPSA) is 109 Å². The van der Waals surface area contributed by atoms with Crippen LogP contribution >= 0.6 is 12.6 Å². The number of benzene rings is 2. The number of nitrogens with one attached hydrogen (secondary N) is 2. The molecule has 3 aromatic rings. The quantitative estimate of drug-likeness (QED) is 0.235. The molecule has 1 heterocycles. The van der Waals surface area contributed by atoms with Gasteiger partial charge in [0.2, 0.25) is 5.91 Å². The van der Waals surface area contributed by atoms with E-state index in [9.17, 15) is 19.5 Å². The van der Waals surface area contributed by atoms with Crippen molar-refractivity contribution in [2.75, 3.05) is 6.54 Å². The molecule has 4 rings (SSSR count). The van der Waals surface area contributed by atoms with Crippen LogP contribution < -0.4 is 10.6 Å². The van der Waals surface area contributed by atoms with Crippen LogP contribution in [0.25, 0.3) is 21.9 Å². The average Bonchev–Trinajstić information content (AvgIpc) is 3.48.